The molecule has 3 aromatic rings. The van der Waals surface area contributed by atoms with Gasteiger partial charge in [-0.25, -0.2) is 0 Å². The number of benzene rings is 2. The molecule has 0 bridgehead atoms. The third kappa shape index (κ3) is 2.13. The van der Waals surface area contributed by atoms with Crippen molar-refractivity contribution >= 4 is 10.8 Å². The van der Waals surface area contributed by atoms with Crippen LogP contribution in [0.3, 0.4) is 0 Å². The molecule has 1 aliphatic rings. The van der Waals surface area contributed by atoms with Crippen LogP contribution in [0.5, 0.6) is 0 Å². The maximum Gasteiger partial charge on any atom is 0 e. The Morgan fingerprint density at radius 3 is 2.60 bits per heavy atom. The minimum atomic E-state index is 0. The molecule has 0 heterocycles. The summed E-state index contributed by atoms with van der Waals surface area (Å²) in [6, 6.07) is 18.0. The summed E-state index contributed by atoms with van der Waals surface area (Å²) in [5.74, 6) is 0. The van der Waals surface area contributed by atoms with Gasteiger partial charge in [-0.05, 0) is 24.8 Å². The number of hydrogen-bond donors (Lipinski definition) is 0. The van der Waals surface area contributed by atoms with Crippen LogP contribution in [0.4, 0.5) is 0 Å². The molecule has 20 heavy (non-hydrogen) atoms. The Morgan fingerprint density at radius 2 is 1.80 bits per heavy atom. The van der Waals surface area contributed by atoms with Crippen molar-refractivity contribution in [3.05, 3.63) is 65.2 Å². The van der Waals surface area contributed by atoms with E-state index in [0.717, 1.165) is 0 Å². The summed E-state index contributed by atoms with van der Waals surface area (Å²) >= 11 is 0. The number of fused-ring (bicyclic) bond motifs is 2. The van der Waals surface area contributed by atoms with Gasteiger partial charge in [0.05, 0.1) is 0 Å². The monoisotopic (exact) mass is 335 g/mol. The molecule has 0 aliphatic heterocycles. The van der Waals surface area contributed by atoms with Gasteiger partial charge in [0.1, 0.15) is 0 Å². The molecule has 1 aliphatic carbocycles. The molecular weight excluding hydrogens is 319 g/mol. The zero-order valence-corrected chi connectivity index (χ0v) is 14.2. The van der Waals surface area contributed by atoms with Crippen LogP contribution < -0.4 is 0 Å². The molecule has 0 N–H and O–H groups in total. The van der Waals surface area contributed by atoms with Gasteiger partial charge in [-0.3, -0.25) is 0 Å². The van der Waals surface area contributed by atoms with E-state index >= 15 is 0 Å². The average molecular weight is 337 g/mol. The topological polar surface area (TPSA) is 0 Å². The van der Waals surface area contributed by atoms with Crippen LogP contribution >= 0.6 is 0 Å². The van der Waals surface area contributed by atoms with Crippen LogP contribution in [0.15, 0.2) is 48.5 Å². The van der Waals surface area contributed by atoms with Crippen molar-refractivity contribution in [3.8, 4) is 11.1 Å². The second-order valence-electron chi connectivity index (χ2n) is 5.64. The molecule has 1 heteroatoms. The van der Waals surface area contributed by atoms with Crippen molar-refractivity contribution in [1.82, 2.24) is 0 Å². The van der Waals surface area contributed by atoms with Crippen molar-refractivity contribution < 1.29 is 26.2 Å². The summed E-state index contributed by atoms with van der Waals surface area (Å²) in [4.78, 5) is 0. The molecule has 0 atom stereocenters. The fourth-order valence-electron chi connectivity index (χ4n) is 3.51. The van der Waals surface area contributed by atoms with E-state index in [9.17, 15) is 0 Å². The summed E-state index contributed by atoms with van der Waals surface area (Å²) < 4.78 is 0. The first-order chi connectivity index (χ1) is 9.33. The average Bonchev–Trinajstić information content (AvgIpc) is 3.01. The van der Waals surface area contributed by atoms with E-state index in [-0.39, 0.29) is 26.2 Å². The number of hydrogen-bond acceptors (Lipinski definition) is 0. The fourth-order valence-corrected chi connectivity index (χ4v) is 3.51. The SMILES string of the molecule is Cc1cc2c(-c3ccccc3)c3c(cc2[cH-]1)CCC3.[Zr]. The first kappa shape index (κ1) is 13.9. The predicted octanol–water partition coefficient (Wildman–Crippen LogP) is 5.02. The molecule has 0 radical (unpaired) electrons. The Bertz CT molecular complexity index is 750. The van der Waals surface area contributed by atoms with E-state index in [0.29, 0.717) is 0 Å². The van der Waals surface area contributed by atoms with Gasteiger partial charge in [-0.15, -0.1) is 28.5 Å². The predicted molar refractivity (Wildman–Crippen MR) is 81.7 cm³/mol. The largest absolute Gasteiger partial charge is 0.165 e. The van der Waals surface area contributed by atoms with Crippen molar-refractivity contribution in [2.75, 3.05) is 0 Å². The first-order valence-corrected chi connectivity index (χ1v) is 7.10. The molecule has 0 spiro atoms. The van der Waals surface area contributed by atoms with Crippen molar-refractivity contribution in [2.45, 2.75) is 26.2 Å². The molecule has 0 aromatic heterocycles. The third-order valence-electron chi connectivity index (χ3n) is 4.29. The maximum atomic E-state index is 2.41. The minimum Gasteiger partial charge on any atom is -0.165 e. The zero-order valence-electron chi connectivity index (χ0n) is 11.7. The van der Waals surface area contributed by atoms with Crippen LogP contribution in [0.1, 0.15) is 23.1 Å². The van der Waals surface area contributed by atoms with Crippen LogP contribution in [-0.4, -0.2) is 0 Å². The van der Waals surface area contributed by atoms with E-state index in [1.807, 2.05) is 0 Å². The van der Waals surface area contributed by atoms with Gasteiger partial charge in [-0.2, -0.15) is 6.07 Å². The molecule has 0 saturated carbocycles. The molecule has 0 nitrogen and oxygen atoms in total. The van der Waals surface area contributed by atoms with E-state index < -0.39 is 0 Å². The minimum absolute atomic E-state index is 0. The Hall–Kier alpha value is -1.07. The van der Waals surface area contributed by atoms with Gasteiger partial charge >= 0.3 is 0 Å². The summed E-state index contributed by atoms with van der Waals surface area (Å²) in [7, 11) is 0. The maximum absolute atomic E-state index is 2.41. The van der Waals surface area contributed by atoms with Gasteiger partial charge in [0.25, 0.3) is 0 Å². The second kappa shape index (κ2) is 5.37. The van der Waals surface area contributed by atoms with E-state index in [2.05, 4.69) is 55.5 Å². The molecule has 0 unspecified atom stereocenters. The van der Waals surface area contributed by atoms with Gasteiger partial charge in [0, 0.05) is 26.2 Å². The van der Waals surface area contributed by atoms with Gasteiger partial charge in [0.2, 0.25) is 0 Å². The van der Waals surface area contributed by atoms with Crippen LogP contribution in [0.2, 0.25) is 0 Å². The Morgan fingerprint density at radius 1 is 1.00 bits per heavy atom. The van der Waals surface area contributed by atoms with E-state index in [1.54, 1.807) is 11.1 Å². The Labute approximate surface area is 139 Å². The van der Waals surface area contributed by atoms with Gasteiger partial charge in [-0.1, -0.05) is 53.9 Å². The molecular formula is C19H17Zr-. The standard InChI is InChI=1S/C19H17.Zr/c1-13-10-16-12-15-8-5-9-17(15)19(18(16)11-13)14-6-3-2-4-7-14;/h2-4,6-7,10-12H,5,8-9H2,1H3;/q-1;. The summed E-state index contributed by atoms with van der Waals surface area (Å²) in [5.41, 5.74) is 7.38. The summed E-state index contributed by atoms with van der Waals surface area (Å²) in [5, 5.41) is 2.85. The molecule has 0 fully saturated rings. The smallest absolute Gasteiger partial charge is 0 e. The van der Waals surface area contributed by atoms with E-state index in [4.69, 9.17) is 0 Å². The normalized spacial score (nSPS) is 13.2. The third-order valence-corrected chi connectivity index (χ3v) is 4.29. The molecule has 4 rings (SSSR count). The zero-order chi connectivity index (χ0) is 12.8. The van der Waals surface area contributed by atoms with Crippen molar-refractivity contribution in [2.24, 2.45) is 0 Å². The number of aryl methyl sites for hydroxylation is 2. The first-order valence-electron chi connectivity index (χ1n) is 7.10. The van der Waals surface area contributed by atoms with Gasteiger partial charge < -0.3 is 0 Å². The van der Waals surface area contributed by atoms with Crippen molar-refractivity contribution in [1.29, 1.82) is 0 Å². The number of rotatable bonds is 1. The quantitative estimate of drug-likeness (QED) is 0.547. The summed E-state index contributed by atoms with van der Waals surface area (Å²) in [6.07, 6.45) is 3.79. The van der Waals surface area contributed by atoms with Gasteiger partial charge in [0.15, 0.2) is 0 Å². The van der Waals surface area contributed by atoms with Crippen molar-refractivity contribution in [3.63, 3.8) is 0 Å². The summed E-state index contributed by atoms with van der Waals surface area (Å²) in [6.45, 7) is 2.19. The fraction of sp³-hybridized carbons (Fsp3) is 0.211. The van der Waals surface area contributed by atoms with Crippen LogP contribution in [0.25, 0.3) is 21.9 Å². The molecule has 98 valence electrons. The Balaban J connectivity index is 0.00000121. The van der Waals surface area contributed by atoms with Crippen LogP contribution in [0, 0.1) is 6.92 Å². The van der Waals surface area contributed by atoms with Crippen LogP contribution in [-0.2, 0) is 39.0 Å². The van der Waals surface area contributed by atoms with E-state index in [1.165, 1.54) is 46.7 Å². The molecule has 0 saturated heterocycles. The molecule has 3 aromatic carbocycles. The Kier molecular flexibility index (Phi) is 3.73. The second-order valence-corrected chi connectivity index (χ2v) is 5.64. The molecule has 0 amide bonds.